The molecule has 6 heteroatoms. The Kier molecular flexibility index (Phi) is 9.28. The summed E-state index contributed by atoms with van der Waals surface area (Å²) in [6.07, 6.45) is 1.09. The highest BCUT2D eigenvalue weighted by molar-refractivity contribution is 8.06. The quantitative estimate of drug-likeness (QED) is 0.302. The molecule has 0 saturated heterocycles. The number of carbonyl (C=O) groups excluding carboxylic acids is 3. The van der Waals surface area contributed by atoms with Gasteiger partial charge in [0.05, 0.1) is 13.2 Å². The van der Waals surface area contributed by atoms with Gasteiger partial charge in [0.2, 0.25) is 0 Å². The summed E-state index contributed by atoms with van der Waals surface area (Å²) in [5, 5.41) is 1.60. The molecule has 0 amide bonds. The third-order valence-electron chi connectivity index (χ3n) is 4.39. The number of carbonyl (C=O) groups is 3. The van der Waals surface area contributed by atoms with Crippen molar-refractivity contribution in [3.05, 3.63) is 87.2 Å². The standard InChI is InChI=1S/C25H26O5S/c1-5-29-23(26)15-22(25(28)30-6-2)31-16-21(19-13-9-7-11-17(19)3)24(27)20-14-10-8-12-18(20)4/h7-16H,5-6H2,1-4H3/b21-16+,22-15-. The number of allylic oxidation sites excluding steroid dienone is 1. The molecule has 0 spiro atoms. The van der Waals surface area contributed by atoms with E-state index in [2.05, 4.69) is 0 Å². The van der Waals surface area contributed by atoms with Gasteiger partial charge in [-0.1, -0.05) is 60.3 Å². The van der Waals surface area contributed by atoms with E-state index >= 15 is 0 Å². The van der Waals surface area contributed by atoms with Crippen LogP contribution in [0.5, 0.6) is 0 Å². The van der Waals surface area contributed by atoms with E-state index in [1.54, 1.807) is 25.3 Å². The fraction of sp³-hybridized carbons (Fsp3) is 0.240. The van der Waals surface area contributed by atoms with Gasteiger partial charge in [0.15, 0.2) is 5.78 Å². The lowest BCUT2D eigenvalue weighted by molar-refractivity contribution is -0.140. The Morgan fingerprint density at radius 1 is 0.839 bits per heavy atom. The molecule has 2 aromatic carbocycles. The molecule has 0 fully saturated rings. The number of hydrogen-bond acceptors (Lipinski definition) is 6. The van der Waals surface area contributed by atoms with E-state index in [1.165, 1.54) is 0 Å². The predicted octanol–water partition coefficient (Wildman–Crippen LogP) is 5.27. The monoisotopic (exact) mass is 438 g/mol. The van der Waals surface area contributed by atoms with E-state index in [9.17, 15) is 14.4 Å². The zero-order valence-electron chi connectivity index (χ0n) is 18.1. The number of thioether (sulfide) groups is 1. The van der Waals surface area contributed by atoms with Crippen LogP contribution < -0.4 is 0 Å². The molecule has 0 aliphatic rings. The van der Waals surface area contributed by atoms with E-state index in [1.807, 2.05) is 56.3 Å². The molecule has 0 unspecified atom stereocenters. The van der Waals surface area contributed by atoms with Gasteiger partial charge in [-0.05, 0) is 49.8 Å². The van der Waals surface area contributed by atoms with Crippen molar-refractivity contribution in [1.82, 2.24) is 0 Å². The van der Waals surface area contributed by atoms with Gasteiger partial charge in [0, 0.05) is 17.2 Å². The molecule has 0 aromatic heterocycles. The summed E-state index contributed by atoms with van der Waals surface area (Å²) in [5.74, 6) is -1.46. The summed E-state index contributed by atoms with van der Waals surface area (Å²) in [7, 11) is 0. The second-order valence-corrected chi connectivity index (χ2v) is 7.50. The van der Waals surface area contributed by atoms with Gasteiger partial charge in [-0.2, -0.15) is 0 Å². The van der Waals surface area contributed by atoms with E-state index in [4.69, 9.17) is 9.47 Å². The van der Waals surface area contributed by atoms with Crippen LogP contribution in [0.3, 0.4) is 0 Å². The van der Waals surface area contributed by atoms with Crippen molar-refractivity contribution in [3.63, 3.8) is 0 Å². The third kappa shape index (κ3) is 6.69. The SMILES string of the molecule is CCOC(=O)/C=C(\S/C=C(/C(=O)c1ccccc1C)c1ccccc1C)C(=O)OCC. The fourth-order valence-electron chi connectivity index (χ4n) is 2.84. The minimum atomic E-state index is -0.649. The van der Waals surface area contributed by atoms with E-state index in [0.29, 0.717) is 11.1 Å². The summed E-state index contributed by atoms with van der Waals surface area (Å²) in [5.41, 5.74) is 3.52. The number of rotatable bonds is 9. The first-order valence-corrected chi connectivity index (χ1v) is 10.9. The number of benzene rings is 2. The summed E-state index contributed by atoms with van der Waals surface area (Å²) in [6.45, 7) is 7.50. The molecule has 0 aliphatic carbocycles. The lowest BCUT2D eigenvalue weighted by Gasteiger charge is -2.12. The number of hydrogen-bond donors (Lipinski definition) is 0. The predicted molar refractivity (Wildman–Crippen MR) is 124 cm³/mol. The van der Waals surface area contributed by atoms with Crippen LogP contribution in [0.25, 0.3) is 5.57 Å². The first-order valence-electron chi connectivity index (χ1n) is 9.97. The fourth-order valence-corrected chi connectivity index (χ4v) is 3.64. The molecule has 31 heavy (non-hydrogen) atoms. The van der Waals surface area contributed by atoms with Crippen molar-refractivity contribution in [3.8, 4) is 0 Å². The van der Waals surface area contributed by atoms with Crippen molar-refractivity contribution in [1.29, 1.82) is 0 Å². The van der Waals surface area contributed by atoms with Crippen LogP contribution in [0.4, 0.5) is 0 Å². The highest BCUT2D eigenvalue weighted by Crippen LogP contribution is 2.30. The van der Waals surface area contributed by atoms with Gasteiger partial charge < -0.3 is 9.47 Å². The number of ketones is 1. The second kappa shape index (κ2) is 11.9. The van der Waals surface area contributed by atoms with Crippen LogP contribution in [-0.4, -0.2) is 30.9 Å². The Labute approximate surface area is 187 Å². The van der Waals surface area contributed by atoms with Crippen molar-refractivity contribution >= 4 is 35.1 Å². The number of esters is 2. The molecule has 0 atom stereocenters. The van der Waals surface area contributed by atoms with Crippen molar-refractivity contribution in [2.24, 2.45) is 0 Å². The number of aryl methyl sites for hydroxylation is 2. The molecule has 162 valence electrons. The summed E-state index contributed by atoms with van der Waals surface area (Å²) >= 11 is 0.967. The highest BCUT2D eigenvalue weighted by atomic mass is 32.2. The lowest BCUT2D eigenvalue weighted by atomic mass is 9.93. The van der Waals surface area contributed by atoms with Gasteiger partial charge in [0.25, 0.3) is 0 Å². The average Bonchev–Trinajstić information content (AvgIpc) is 2.74. The van der Waals surface area contributed by atoms with Gasteiger partial charge in [0.1, 0.15) is 4.91 Å². The van der Waals surface area contributed by atoms with E-state index in [-0.39, 0.29) is 23.9 Å². The largest absolute Gasteiger partial charge is 0.463 e. The van der Waals surface area contributed by atoms with Crippen LogP contribution in [0, 0.1) is 13.8 Å². The Balaban J connectivity index is 2.53. The van der Waals surface area contributed by atoms with Crippen LogP contribution >= 0.6 is 11.8 Å². The summed E-state index contributed by atoms with van der Waals surface area (Å²) < 4.78 is 9.98. The van der Waals surface area contributed by atoms with E-state index in [0.717, 1.165) is 34.5 Å². The summed E-state index contributed by atoms with van der Waals surface area (Å²) in [4.78, 5) is 37.8. The topological polar surface area (TPSA) is 69.7 Å². The molecular formula is C25H26O5S. The lowest BCUT2D eigenvalue weighted by Crippen LogP contribution is -2.09. The Bertz CT molecular complexity index is 1020. The van der Waals surface area contributed by atoms with E-state index < -0.39 is 11.9 Å². The maximum Gasteiger partial charge on any atom is 0.345 e. The van der Waals surface area contributed by atoms with Gasteiger partial charge >= 0.3 is 11.9 Å². The molecule has 0 bridgehead atoms. The second-order valence-electron chi connectivity index (χ2n) is 6.59. The van der Waals surface area contributed by atoms with Crippen molar-refractivity contribution in [2.75, 3.05) is 13.2 Å². The van der Waals surface area contributed by atoms with Crippen LogP contribution in [0.2, 0.25) is 0 Å². The van der Waals surface area contributed by atoms with Crippen molar-refractivity contribution in [2.45, 2.75) is 27.7 Å². The zero-order chi connectivity index (χ0) is 22.8. The van der Waals surface area contributed by atoms with Crippen molar-refractivity contribution < 1.29 is 23.9 Å². The van der Waals surface area contributed by atoms with Crippen LogP contribution in [-0.2, 0) is 19.1 Å². The van der Waals surface area contributed by atoms with Gasteiger partial charge in [-0.15, -0.1) is 0 Å². The molecular weight excluding hydrogens is 412 g/mol. The molecule has 0 saturated carbocycles. The first kappa shape index (κ1) is 24.2. The molecule has 0 heterocycles. The third-order valence-corrected chi connectivity index (χ3v) is 5.28. The number of Topliss-reactive ketones (excluding diaryl/α,β-unsaturated/α-hetero) is 1. The first-order chi connectivity index (χ1) is 14.9. The van der Waals surface area contributed by atoms with Crippen LogP contribution in [0.1, 0.15) is 40.9 Å². The number of ether oxygens (including phenoxy) is 2. The highest BCUT2D eigenvalue weighted by Gasteiger charge is 2.20. The molecule has 0 aliphatic heterocycles. The molecule has 5 nitrogen and oxygen atoms in total. The summed E-state index contributed by atoms with van der Waals surface area (Å²) in [6, 6.07) is 14.9. The smallest absolute Gasteiger partial charge is 0.345 e. The normalized spacial score (nSPS) is 11.7. The zero-order valence-corrected chi connectivity index (χ0v) is 19.0. The molecule has 2 rings (SSSR count). The minimum Gasteiger partial charge on any atom is -0.463 e. The minimum absolute atomic E-state index is 0.0453. The molecule has 0 N–H and O–H groups in total. The Morgan fingerprint density at radius 2 is 1.39 bits per heavy atom. The molecule has 2 aromatic rings. The maximum atomic E-state index is 13.4. The van der Waals surface area contributed by atoms with Crippen LogP contribution in [0.15, 0.2) is 64.9 Å². The Hall–Kier alpha value is -3.12. The van der Waals surface area contributed by atoms with Gasteiger partial charge in [-0.3, -0.25) is 4.79 Å². The Morgan fingerprint density at radius 3 is 1.94 bits per heavy atom. The maximum absolute atomic E-state index is 13.4. The van der Waals surface area contributed by atoms with Gasteiger partial charge in [-0.25, -0.2) is 9.59 Å². The molecule has 0 radical (unpaired) electrons. The average molecular weight is 439 g/mol.